The highest BCUT2D eigenvalue weighted by Gasteiger charge is 2.08. The van der Waals surface area contributed by atoms with Crippen molar-refractivity contribution in [3.8, 4) is 5.75 Å². The first-order valence-electron chi connectivity index (χ1n) is 8.46. The summed E-state index contributed by atoms with van der Waals surface area (Å²) in [5.41, 5.74) is 2.57. The Labute approximate surface area is 181 Å². The number of nitrogens with one attached hydrogen (secondary N) is 2. The van der Waals surface area contributed by atoms with E-state index in [2.05, 4.69) is 26.6 Å². The van der Waals surface area contributed by atoms with Gasteiger partial charge in [0.1, 0.15) is 5.75 Å². The molecule has 0 aliphatic rings. The SMILES string of the molecule is O=C(COc1ccc(CNc2ccc(Cl)cc2Cl)cc1Br)Nc1ccccc1. The Morgan fingerprint density at radius 3 is 2.50 bits per heavy atom. The highest BCUT2D eigenvalue weighted by molar-refractivity contribution is 9.10. The lowest BCUT2D eigenvalue weighted by Gasteiger charge is -2.12. The average molecular weight is 480 g/mol. The molecule has 0 spiro atoms. The third-order valence-corrected chi connectivity index (χ3v) is 4.99. The Kier molecular flexibility index (Phi) is 7.20. The molecule has 0 aromatic heterocycles. The van der Waals surface area contributed by atoms with Gasteiger partial charge < -0.3 is 15.4 Å². The van der Waals surface area contributed by atoms with Crippen molar-refractivity contribution in [3.63, 3.8) is 0 Å². The van der Waals surface area contributed by atoms with E-state index in [9.17, 15) is 4.79 Å². The van der Waals surface area contributed by atoms with E-state index in [4.69, 9.17) is 27.9 Å². The molecule has 3 aromatic carbocycles. The Morgan fingerprint density at radius 1 is 1.00 bits per heavy atom. The number of ether oxygens (including phenoxy) is 1. The van der Waals surface area contributed by atoms with Gasteiger partial charge in [-0.05, 0) is 64.0 Å². The van der Waals surface area contributed by atoms with E-state index in [1.807, 2.05) is 54.6 Å². The Morgan fingerprint density at radius 2 is 1.79 bits per heavy atom. The normalized spacial score (nSPS) is 10.4. The fourth-order valence-electron chi connectivity index (χ4n) is 2.46. The molecule has 0 heterocycles. The van der Waals surface area contributed by atoms with E-state index in [0.717, 1.165) is 21.4 Å². The van der Waals surface area contributed by atoms with Gasteiger partial charge in [-0.15, -0.1) is 0 Å². The zero-order chi connectivity index (χ0) is 19.9. The van der Waals surface area contributed by atoms with Gasteiger partial charge in [0.15, 0.2) is 6.61 Å². The summed E-state index contributed by atoms with van der Waals surface area (Å²) < 4.78 is 6.37. The van der Waals surface area contributed by atoms with Gasteiger partial charge in [0, 0.05) is 17.3 Å². The van der Waals surface area contributed by atoms with E-state index in [1.165, 1.54) is 0 Å². The van der Waals surface area contributed by atoms with Gasteiger partial charge in [-0.3, -0.25) is 4.79 Å². The first-order chi connectivity index (χ1) is 13.5. The molecule has 1 amide bonds. The zero-order valence-electron chi connectivity index (χ0n) is 14.7. The molecule has 28 heavy (non-hydrogen) atoms. The number of hydrogen-bond acceptors (Lipinski definition) is 3. The van der Waals surface area contributed by atoms with Crippen LogP contribution < -0.4 is 15.4 Å². The van der Waals surface area contributed by atoms with Crippen LogP contribution in [-0.4, -0.2) is 12.5 Å². The average Bonchev–Trinajstić information content (AvgIpc) is 2.67. The minimum absolute atomic E-state index is 0.0779. The standard InChI is InChI=1S/C21H17BrCl2N2O2/c22-17-10-14(12-25-19-8-7-15(23)11-18(19)24)6-9-20(17)28-13-21(27)26-16-4-2-1-3-5-16/h1-11,25H,12-13H2,(H,26,27). The van der Waals surface area contributed by atoms with Crippen LogP contribution in [0.1, 0.15) is 5.56 Å². The maximum Gasteiger partial charge on any atom is 0.262 e. The Balaban J connectivity index is 1.54. The Hall–Kier alpha value is -2.21. The molecule has 0 saturated heterocycles. The molecule has 3 aromatic rings. The van der Waals surface area contributed by atoms with Crippen molar-refractivity contribution in [2.24, 2.45) is 0 Å². The highest BCUT2D eigenvalue weighted by atomic mass is 79.9. The summed E-state index contributed by atoms with van der Waals surface area (Å²) in [6.07, 6.45) is 0. The number of halogens is 3. The van der Waals surface area contributed by atoms with Crippen LogP contribution in [0.4, 0.5) is 11.4 Å². The minimum Gasteiger partial charge on any atom is -0.483 e. The lowest BCUT2D eigenvalue weighted by molar-refractivity contribution is -0.118. The third kappa shape index (κ3) is 5.89. The van der Waals surface area contributed by atoms with E-state index < -0.39 is 0 Å². The number of carbonyl (C=O) groups is 1. The highest BCUT2D eigenvalue weighted by Crippen LogP contribution is 2.28. The second-order valence-electron chi connectivity index (χ2n) is 5.95. The van der Waals surface area contributed by atoms with Gasteiger partial charge in [-0.1, -0.05) is 47.5 Å². The van der Waals surface area contributed by atoms with Crippen LogP contribution in [0.3, 0.4) is 0 Å². The van der Waals surface area contributed by atoms with Crippen LogP contribution in [0.15, 0.2) is 71.2 Å². The van der Waals surface area contributed by atoms with Gasteiger partial charge >= 0.3 is 0 Å². The molecular formula is C21H17BrCl2N2O2. The molecule has 0 fully saturated rings. The summed E-state index contributed by atoms with van der Waals surface area (Å²) in [6, 6.07) is 20.2. The monoisotopic (exact) mass is 478 g/mol. The summed E-state index contributed by atoms with van der Waals surface area (Å²) >= 11 is 15.6. The van der Waals surface area contributed by atoms with Crippen molar-refractivity contribution < 1.29 is 9.53 Å². The molecule has 0 atom stereocenters. The molecule has 0 aliphatic carbocycles. The van der Waals surface area contributed by atoms with Gasteiger partial charge in [-0.25, -0.2) is 0 Å². The molecule has 0 saturated carbocycles. The molecule has 0 unspecified atom stereocenters. The number of amides is 1. The summed E-state index contributed by atoms with van der Waals surface area (Å²) in [7, 11) is 0. The second-order valence-corrected chi connectivity index (χ2v) is 7.64. The minimum atomic E-state index is -0.221. The lowest BCUT2D eigenvalue weighted by Crippen LogP contribution is -2.20. The molecule has 2 N–H and O–H groups in total. The number of anilines is 2. The van der Waals surface area contributed by atoms with Crippen molar-refractivity contribution in [2.75, 3.05) is 17.2 Å². The summed E-state index contributed by atoms with van der Waals surface area (Å²) in [4.78, 5) is 12.0. The molecule has 0 bridgehead atoms. The van der Waals surface area contributed by atoms with Gasteiger partial charge in [0.05, 0.1) is 15.2 Å². The maximum atomic E-state index is 12.0. The molecule has 3 rings (SSSR count). The summed E-state index contributed by atoms with van der Waals surface area (Å²) in [5.74, 6) is 0.373. The van der Waals surface area contributed by atoms with Gasteiger partial charge in [0.2, 0.25) is 0 Å². The van der Waals surface area contributed by atoms with Gasteiger partial charge in [0.25, 0.3) is 5.91 Å². The maximum absolute atomic E-state index is 12.0. The van der Waals surface area contributed by atoms with Crippen molar-refractivity contribution in [3.05, 3.63) is 86.8 Å². The first-order valence-corrected chi connectivity index (χ1v) is 10.0. The van der Waals surface area contributed by atoms with Crippen molar-refractivity contribution in [1.29, 1.82) is 0 Å². The summed E-state index contributed by atoms with van der Waals surface area (Å²) in [5, 5.41) is 7.20. The smallest absolute Gasteiger partial charge is 0.262 e. The van der Waals surface area contributed by atoms with E-state index in [1.54, 1.807) is 12.1 Å². The number of carbonyl (C=O) groups excluding carboxylic acids is 1. The number of hydrogen-bond donors (Lipinski definition) is 2. The van der Waals surface area contributed by atoms with Crippen molar-refractivity contribution >= 4 is 56.4 Å². The predicted molar refractivity (Wildman–Crippen MR) is 118 cm³/mol. The van der Waals surface area contributed by atoms with Crippen LogP contribution in [-0.2, 0) is 11.3 Å². The zero-order valence-corrected chi connectivity index (χ0v) is 17.8. The molecule has 7 heteroatoms. The predicted octanol–water partition coefficient (Wildman–Crippen LogP) is 6.39. The number of rotatable bonds is 7. The topological polar surface area (TPSA) is 50.4 Å². The van der Waals surface area contributed by atoms with Crippen molar-refractivity contribution in [2.45, 2.75) is 6.54 Å². The second kappa shape index (κ2) is 9.82. The van der Waals surface area contributed by atoms with Crippen LogP contribution in [0.2, 0.25) is 10.0 Å². The Bertz CT molecular complexity index is 968. The van der Waals surface area contributed by atoms with E-state index in [-0.39, 0.29) is 12.5 Å². The van der Waals surface area contributed by atoms with Gasteiger partial charge in [-0.2, -0.15) is 0 Å². The van der Waals surface area contributed by atoms with Crippen LogP contribution in [0.5, 0.6) is 5.75 Å². The molecule has 0 radical (unpaired) electrons. The lowest BCUT2D eigenvalue weighted by atomic mass is 10.2. The van der Waals surface area contributed by atoms with Crippen LogP contribution in [0, 0.1) is 0 Å². The largest absolute Gasteiger partial charge is 0.483 e. The van der Waals surface area contributed by atoms with E-state index >= 15 is 0 Å². The third-order valence-electron chi connectivity index (χ3n) is 3.83. The van der Waals surface area contributed by atoms with E-state index in [0.29, 0.717) is 22.3 Å². The van der Waals surface area contributed by atoms with Crippen molar-refractivity contribution in [1.82, 2.24) is 0 Å². The summed E-state index contributed by atoms with van der Waals surface area (Å²) in [6.45, 7) is 0.500. The van der Waals surface area contributed by atoms with Crippen LogP contribution in [0.25, 0.3) is 0 Å². The quantitative estimate of drug-likeness (QED) is 0.413. The molecule has 4 nitrogen and oxygen atoms in total. The fourth-order valence-corrected chi connectivity index (χ4v) is 3.48. The number of para-hydroxylation sites is 1. The molecular weight excluding hydrogens is 463 g/mol. The first kappa shape index (κ1) is 20.5. The fraction of sp³-hybridized carbons (Fsp3) is 0.0952. The van der Waals surface area contributed by atoms with Crippen LogP contribution >= 0.6 is 39.1 Å². The molecule has 144 valence electrons. The molecule has 0 aliphatic heterocycles. The number of benzene rings is 3.